The maximum absolute atomic E-state index is 12.8. The number of carbonyl (C=O) groups excluding carboxylic acids is 2. The van der Waals surface area contributed by atoms with E-state index in [4.69, 9.17) is 4.74 Å². The summed E-state index contributed by atoms with van der Waals surface area (Å²) in [6, 6.07) is 14.4. The molecule has 0 aliphatic rings. The fourth-order valence-corrected chi connectivity index (χ4v) is 3.96. The summed E-state index contributed by atoms with van der Waals surface area (Å²) in [4.78, 5) is 42.9. The van der Waals surface area contributed by atoms with Gasteiger partial charge in [-0.2, -0.15) is 0 Å². The third kappa shape index (κ3) is 4.96. The Kier molecular flexibility index (Phi) is 6.55. The number of anilines is 1. The van der Waals surface area contributed by atoms with E-state index in [2.05, 4.69) is 15.4 Å². The summed E-state index contributed by atoms with van der Waals surface area (Å²) in [5.74, 6) is -1.04. The minimum atomic E-state index is -0.540. The summed E-state index contributed by atoms with van der Waals surface area (Å²) in [6.07, 6.45) is 3.03. The number of carbonyl (C=O) groups is 2. The van der Waals surface area contributed by atoms with Crippen LogP contribution in [0.1, 0.15) is 22.8 Å². The molecule has 0 saturated heterocycles. The van der Waals surface area contributed by atoms with Gasteiger partial charge < -0.3 is 10.1 Å². The van der Waals surface area contributed by atoms with Crippen LogP contribution in [0.5, 0.6) is 0 Å². The van der Waals surface area contributed by atoms with Crippen LogP contribution in [-0.2, 0) is 16.1 Å². The first-order chi connectivity index (χ1) is 16.0. The summed E-state index contributed by atoms with van der Waals surface area (Å²) in [5.41, 5.74) is 1.56. The van der Waals surface area contributed by atoms with Crippen LogP contribution in [-0.4, -0.2) is 37.6 Å². The van der Waals surface area contributed by atoms with Crippen molar-refractivity contribution in [2.24, 2.45) is 0 Å². The Morgan fingerprint density at radius 3 is 2.64 bits per heavy atom. The Hall–Kier alpha value is -3.92. The van der Waals surface area contributed by atoms with Crippen molar-refractivity contribution in [1.29, 1.82) is 0 Å². The van der Waals surface area contributed by atoms with E-state index in [1.807, 2.05) is 31.2 Å². The summed E-state index contributed by atoms with van der Waals surface area (Å²) in [5, 5.41) is 7.53. The third-order valence-electron chi connectivity index (χ3n) is 4.69. The highest BCUT2D eigenvalue weighted by Crippen LogP contribution is 2.28. The van der Waals surface area contributed by atoms with Crippen LogP contribution in [0.3, 0.4) is 0 Å². The highest BCUT2D eigenvalue weighted by atomic mass is 32.2. The number of hydrogen-bond acceptors (Lipinski definition) is 7. The van der Waals surface area contributed by atoms with E-state index in [-0.39, 0.29) is 18.7 Å². The number of amides is 1. The van der Waals surface area contributed by atoms with Crippen molar-refractivity contribution in [2.75, 3.05) is 11.9 Å². The quantitative estimate of drug-likeness (QED) is 0.420. The topological polar surface area (TPSA) is 108 Å². The van der Waals surface area contributed by atoms with Crippen molar-refractivity contribution in [3.63, 3.8) is 0 Å². The minimum absolute atomic E-state index is 0.217. The van der Waals surface area contributed by atoms with Gasteiger partial charge in [0.25, 0.3) is 0 Å². The number of aryl methyl sites for hydroxylation is 1. The van der Waals surface area contributed by atoms with Gasteiger partial charge in [-0.1, -0.05) is 41.6 Å². The molecule has 2 heterocycles. The van der Waals surface area contributed by atoms with Gasteiger partial charge in [-0.25, -0.2) is 23.7 Å². The standard InChI is InChI=1S/C23H21N5O4S/c1-3-32-22(30)17-6-4-5-7-18(17)25-19(29)14-28-23(31)27-13-12-24-21(20(27)26-28)33-16-10-8-15(2)9-11-16/h4-13H,3,14H2,1-2H3,(H,25,29). The number of hydrogen-bond donors (Lipinski definition) is 1. The molecule has 2 aromatic carbocycles. The Labute approximate surface area is 193 Å². The van der Waals surface area contributed by atoms with Crippen molar-refractivity contribution >= 4 is 35.0 Å². The third-order valence-corrected chi connectivity index (χ3v) is 5.68. The zero-order chi connectivity index (χ0) is 23.4. The largest absolute Gasteiger partial charge is 0.462 e. The lowest BCUT2D eigenvalue weighted by atomic mass is 10.2. The predicted octanol–water partition coefficient (Wildman–Crippen LogP) is 3.17. The molecule has 4 aromatic rings. The number of aromatic nitrogens is 4. The number of benzene rings is 2. The fourth-order valence-electron chi connectivity index (χ4n) is 3.12. The summed E-state index contributed by atoms with van der Waals surface area (Å²) >= 11 is 1.38. The van der Waals surface area contributed by atoms with Crippen LogP contribution >= 0.6 is 11.8 Å². The highest BCUT2D eigenvalue weighted by Gasteiger charge is 2.17. The van der Waals surface area contributed by atoms with E-state index in [0.717, 1.165) is 15.1 Å². The van der Waals surface area contributed by atoms with Crippen LogP contribution in [0, 0.1) is 6.92 Å². The SMILES string of the molecule is CCOC(=O)c1ccccc1NC(=O)Cn1nc2c(Sc3ccc(C)cc3)nccn2c1=O. The molecule has 168 valence electrons. The minimum Gasteiger partial charge on any atom is -0.462 e. The average Bonchev–Trinajstić information content (AvgIpc) is 3.12. The molecule has 0 bridgehead atoms. The number of ether oxygens (including phenoxy) is 1. The Morgan fingerprint density at radius 2 is 1.88 bits per heavy atom. The van der Waals surface area contributed by atoms with Crippen LogP contribution < -0.4 is 11.0 Å². The molecular weight excluding hydrogens is 442 g/mol. The number of esters is 1. The number of rotatable bonds is 7. The smallest absolute Gasteiger partial charge is 0.350 e. The van der Waals surface area contributed by atoms with Crippen LogP contribution in [0.4, 0.5) is 5.69 Å². The Bertz CT molecular complexity index is 1380. The first-order valence-electron chi connectivity index (χ1n) is 10.2. The van der Waals surface area contributed by atoms with Crippen LogP contribution in [0.2, 0.25) is 0 Å². The van der Waals surface area contributed by atoms with Gasteiger partial charge in [-0.15, -0.1) is 5.10 Å². The molecule has 0 aliphatic heterocycles. The van der Waals surface area contributed by atoms with E-state index in [1.54, 1.807) is 31.2 Å². The molecule has 0 fully saturated rings. The van der Waals surface area contributed by atoms with Gasteiger partial charge in [0, 0.05) is 17.3 Å². The molecule has 10 heteroatoms. The summed E-state index contributed by atoms with van der Waals surface area (Å²) in [7, 11) is 0. The lowest BCUT2D eigenvalue weighted by molar-refractivity contribution is -0.117. The van der Waals surface area contributed by atoms with E-state index in [9.17, 15) is 14.4 Å². The molecular formula is C23H21N5O4S. The molecule has 0 unspecified atom stereocenters. The molecule has 0 aliphatic carbocycles. The molecule has 2 aromatic heterocycles. The van der Waals surface area contributed by atoms with Crippen molar-refractivity contribution < 1.29 is 14.3 Å². The monoisotopic (exact) mass is 463 g/mol. The Balaban J connectivity index is 1.57. The normalized spacial score (nSPS) is 10.8. The molecule has 1 amide bonds. The van der Waals surface area contributed by atoms with Crippen molar-refractivity contribution in [1.82, 2.24) is 19.2 Å². The van der Waals surface area contributed by atoms with Gasteiger partial charge in [0.15, 0.2) is 5.65 Å². The Morgan fingerprint density at radius 1 is 1.12 bits per heavy atom. The van der Waals surface area contributed by atoms with E-state index < -0.39 is 17.6 Å². The van der Waals surface area contributed by atoms with E-state index >= 15 is 0 Å². The average molecular weight is 464 g/mol. The van der Waals surface area contributed by atoms with Gasteiger partial charge in [-0.3, -0.25) is 4.79 Å². The molecule has 0 saturated carbocycles. The zero-order valence-corrected chi connectivity index (χ0v) is 18.8. The number of fused-ring (bicyclic) bond motifs is 1. The number of nitrogens with zero attached hydrogens (tertiary/aromatic N) is 4. The van der Waals surface area contributed by atoms with Gasteiger partial charge in [-0.05, 0) is 38.1 Å². The number of para-hydroxylation sites is 1. The second-order valence-electron chi connectivity index (χ2n) is 7.10. The fraction of sp³-hybridized carbons (Fsp3) is 0.174. The molecule has 0 spiro atoms. The van der Waals surface area contributed by atoms with E-state index in [1.165, 1.54) is 28.6 Å². The van der Waals surface area contributed by atoms with E-state index in [0.29, 0.717) is 16.4 Å². The van der Waals surface area contributed by atoms with Gasteiger partial charge in [0.1, 0.15) is 11.6 Å². The zero-order valence-electron chi connectivity index (χ0n) is 18.0. The molecule has 4 rings (SSSR count). The summed E-state index contributed by atoms with van der Waals surface area (Å²) in [6.45, 7) is 3.60. The van der Waals surface area contributed by atoms with Gasteiger partial charge in [0.05, 0.1) is 17.9 Å². The van der Waals surface area contributed by atoms with Crippen LogP contribution in [0.15, 0.2) is 75.6 Å². The first kappa shape index (κ1) is 22.3. The van der Waals surface area contributed by atoms with Gasteiger partial charge >= 0.3 is 11.7 Å². The van der Waals surface area contributed by atoms with Crippen LogP contribution in [0.25, 0.3) is 5.65 Å². The van der Waals surface area contributed by atoms with Crippen molar-refractivity contribution in [2.45, 2.75) is 30.3 Å². The summed E-state index contributed by atoms with van der Waals surface area (Å²) < 4.78 is 7.44. The predicted molar refractivity (Wildman–Crippen MR) is 124 cm³/mol. The van der Waals surface area contributed by atoms with Crippen molar-refractivity contribution in [3.05, 3.63) is 82.5 Å². The second kappa shape index (κ2) is 9.70. The molecule has 1 N–H and O–H groups in total. The highest BCUT2D eigenvalue weighted by molar-refractivity contribution is 7.99. The first-order valence-corrected chi connectivity index (χ1v) is 11.0. The molecule has 33 heavy (non-hydrogen) atoms. The number of nitrogens with one attached hydrogen (secondary N) is 1. The molecule has 0 atom stereocenters. The second-order valence-corrected chi connectivity index (χ2v) is 8.16. The van der Waals surface area contributed by atoms with Crippen molar-refractivity contribution in [3.8, 4) is 0 Å². The van der Waals surface area contributed by atoms with Gasteiger partial charge in [0.2, 0.25) is 5.91 Å². The molecule has 0 radical (unpaired) electrons. The lowest BCUT2D eigenvalue weighted by Gasteiger charge is -2.10. The maximum atomic E-state index is 12.8. The maximum Gasteiger partial charge on any atom is 0.350 e. The lowest BCUT2D eigenvalue weighted by Crippen LogP contribution is -2.28. The molecule has 9 nitrogen and oxygen atoms in total.